The molecule has 0 aliphatic carbocycles. The fourth-order valence-electron chi connectivity index (χ4n) is 1.39. The molecule has 18 heavy (non-hydrogen) atoms. The summed E-state index contributed by atoms with van der Waals surface area (Å²) in [6.07, 6.45) is 0. The van der Waals surface area contributed by atoms with Gasteiger partial charge < -0.3 is 0 Å². The number of sulfonamides is 1. The van der Waals surface area contributed by atoms with Gasteiger partial charge in [0.1, 0.15) is 0 Å². The summed E-state index contributed by atoms with van der Waals surface area (Å²) in [6.45, 7) is 1.82. The first kappa shape index (κ1) is 13.9. The van der Waals surface area contributed by atoms with Gasteiger partial charge in [-0.1, -0.05) is 23.7 Å². The van der Waals surface area contributed by atoms with Crippen molar-refractivity contribution < 1.29 is 8.42 Å². The van der Waals surface area contributed by atoms with E-state index in [1.807, 2.05) is 13.0 Å². The molecule has 0 saturated carbocycles. The Bertz CT molecular complexity index is 682. The third-order valence-corrected chi connectivity index (χ3v) is 6.80. The zero-order chi connectivity index (χ0) is 13.3. The van der Waals surface area contributed by atoms with Gasteiger partial charge in [0.25, 0.3) is 10.0 Å². The molecule has 0 amide bonds. The SMILES string of the molecule is Cc1cccc(NS(=O)(=O)c2sccc2Br)c1Cl. The molecule has 0 atom stereocenters. The second-order valence-electron chi connectivity index (χ2n) is 3.60. The number of nitrogens with one attached hydrogen (secondary N) is 1. The Morgan fingerprint density at radius 2 is 2.06 bits per heavy atom. The largest absolute Gasteiger partial charge is 0.277 e. The molecule has 0 radical (unpaired) electrons. The number of halogens is 2. The lowest BCUT2D eigenvalue weighted by Gasteiger charge is -2.10. The molecule has 1 aromatic heterocycles. The van der Waals surface area contributed by atoms with Crippen LogP contribution < -0.4 is 4.72 Å². The van der Waals surface area contributed by atoms with Crippen molar-refractivity contribution in [2.45, 2.75) is 11.1 Å². The molecule has 0 saturated heterocycles. The number of aryl methyl sites for hydroxylation is 1. The van der Waals surface area contributed by atoms with Crippen LogP contribution in [0.5, 0.6) is 0 Å². The number of rotatable bonds is 3. The first-order valence-corrected chi connectivity index (χ1v) is 8.46. The highest BCUT2D eigenvalue weighted by Gasteiger charge is 2.20. The Hall–Kier alpha value is -0.560. The minimum absolute atomic E-state index is 0.236. The van der Waals surface area contributed by atoms with E-state index < -0.39 is 10.0 Å². The number of anilines is 1. The molecular formula is C11H9BrClNO2S2. The Labute approximate surface area is 123 Å². The Kier molecular flexibility index (Phi) is 4.01. The lowest BCUT2D eigenvalue weighted by molar-refractivity contribution is 0.603. The number of thiophene rings is 1. The van der Waals surface area contributed by atoms with E-state index >= 15 is 0 Å². The Morgan fingerprint density at radius 3 is 2.67 bits per heavy atom. The maximum absolute atomic E-state index is 12.2. The summed E-state index contributed by atoms with van der Waals surface area (Å²) in [7, 11) is -3.60. The summed E-state index contributed by atoms with van der Waals surface area (Å²) in [4.78, 5) is 0. The highest BCUT2D eigenvalue weighted by Crippen LogP contribution is 2.32. The third-order valence-electron chi connectivity index (χ3n) is 2.26. The van der Waals surface area contributed by atoms with E-state index in [1.165, 1.54) is 0 Å². The molecule has 1 aromatic carbocycles. The molecule has 0 spiro atoms. The van der Waals surface area contributed by atoms with Gasteiger partial charge in [-0.15, -0.1) is 11.3 Å². The second kappa shape index (κ2) is 5.21. The van der Waals surface area contributed by atoms with Crippen LogP contribution in [-0.4, -0.2) is 8.42 Å². The maximum atomic E-state index is 12.2. The quantitative estimate of drug-likeness (QED) is 0.881. The summed E-state index contributed by atoms with van der Waals surface area (Å²) >= 11 is 10.4. The van der Waals surface area contributed by atoms with Crippen molar-refractivity contribution in [3.63, 3.8) is 0 Å². The molecule has 1 N–H and O–H groups in total. The average molecular weight is 367 g/mol. The van der Waals surface area contributed by atoms with Gasteiger partial charge in [0.15, 0.2) is 4.21 Å². The first-order chi connectivity index (χ1) is 8.42. The van der Waals surface area contributed by atoms with E-state index in [0.717, 1.165) is 16.9 Å². The zero-order valence-electron chi connectivity index (χ0n) is 9.28. The number of hydrogen-bond donors (Lipinski definition) is 1. The topological polar surface area (TPSA) is 46.2 Å². The van der Waals surface area contributed by atoms with E-state index in [1.54, 1.807) is 23.6 Å². The summed E-state index contributed by atoms with van der Waals surface area (Å²) in [6, 6.07) is 6.90. The van der Waals surface area contributed by atoms with Crippen molar-refractivity contribution in [1.82, 2.24) is 0 Å². The monoisotopic (exact) mass is 365 g/mol. The van der Waals surface area contributed by atoms with Crippen LogP contribution in [0.2, 0.25) is 5.02 Å². The second-order valence-corrected chi connectivity index (χ2v) is 7.62. The summed E-state index contributed by atoms with van der Waals surface area (Å²) in [5.74, 6) is 0. The molecule has 96 valence electrons. The van der Waals surface area contributed by atoms with Crippen LogP contribution in [0.3, 0.4) is 0 Å². The lowest BCUT2D eigenvalue weighted by Crippen LogP contribution is -2.12. The number of hydrogen-bond acceptors (Lipinski definition) is 3. The maximum Gasteiger partial charge on any atom is 0.272 e. The van der Waals surface area contributed by atoms with Crippen molar-refractivity contribution >= 4 is 54.6 Å². The fourth-order valence-corrected chi connectivity index (χ4v) is 5.03. The van der Waals surface area contributed by atoms with Crippen molar-refractivity contribution in [2.24, 2.45) is 0 Å². The third kappa shape index (κ3) is 2.71. The zero-order valence-corrected chi connectivity index (χ0v) is 13.3. The van der Waals surface area contributed by atoms with Crippen LogP contribution in [0.4, 0.5) is 5.69 Å². The molecule has 0 aliphatic heterocycles. The molecule has 1 heterocycles. The molecule has 7 heteroatoms. The van der Waals surface area contributed by atoms with Crippen molar-refractivity contribution in [3.8, 4) is 0 Å². The molecule has 2 aromatic rings. The van der Waals surface area contributed by atoms with Crippen molar-refractivity contribution in [1.29, 1.82) is 0 Å². The standard InChI is InChI=1S/C11H9BrClNO2S2/c1-7-3-2-4-9(10(7)13)14-18(15,16)11-8(12)5-6-17-11/h2-6,14H,1H3. The Balaban J connectivity index is 2.40. The molecule has 0 unspecified atom stereocenters. The average Bonchev–Trinajstić information content (AvgIpc) is 2.72. The van der Waals surface area contributed by atoms with Crippen LogP contribution in [0, 0.1) is 6.92 Å². The van der Waals surface area contributed by atoms with Gasteiger partial charge in [0.2, 0.25) is 0 Å². The van der Waals surface area contributed by atoms with Crippen LogP contribution in [0.15, 0.2) is 38.3 Å². The van der Waals surface area contributed by atoms with E-state index in [2.05, 4.69) is 20.7 Å². The van der Waals surface area contributed by atoms with Crippen molar-refractivity contribution in [3.05, 3.63) is 44.7 Å². The molecule has 3 nitrogen and oxygen atoms in total. The highest BCUT2D eigenvalue weighted by molar-refractivity contribution is 9.10. The van der Waals surface area contributed by atoms with Gasteiger partial charge in [0.05, 0.1) is 10.7 Å². The molecular weight excluding hydrogens is 358 g/mol. The summed E-state index contributed by atoms with van der Waals surface area (Å²) in [5.41, 5.74) is 1.21. The van der Waals surface area contributed by atoms with Gasteiger partial charge in [0, 0.05) is 4.47 Å². The van der Waals surface area contributed by atoms with E-state index in [0.29, 0.717) is 15.2 Å². The van der Waals surface area contributed by atoms with Crippen molar-refractivity contribution in [2.75, 3.05) is 4.72 Å². The minimum Gasteiger partial charge on any atom is -0.277 e. The molecule has 2 rings (SSSR count). The summed E-state index contributed by atoms with van der Waals surface area (Å²) < 4.78 is 27.6. The van der Waals surface area contributed by atoms with Gasteiger partial charge >= 0.3 is 0 Å². The summed E-state index contributed by atoms with van der Waals surface area (Å²) in [5, 5.41) is 2.12. The van der Waals surface area contributed by atoms with Gasteiger partial charge in [-0.2, -0.15) is 0 Å². The molecule has 0 fully saturated rings. The van der Waals surface area contributed by atoms with Gasteiger partial charge in [-0.25, -0.2) is 8.42 Å². The Morgan fingerprint density at radius 1 is 1.33 bits per heavy atom. The molecule has 0 bridgehead atoms. The van der Waals surface area contributed by atoms with Gasteiger partial charge in [-0.05, 0) is 45.9 Å². The van der Waals surface area contributed by atoms with E-state index in [-0.39, 0.29) is 4.21 Å². The van der Waals surface area contributed by atoms with E-state index in [9.17, 15) is 8.42 Å². The smallest absolute Gasteiger partial charge is 0.272 e. The first-order valence-electron chi connectivity index (χ1n) is 4.93. The fraction of sp³-hybridized carbons (Fsp3) is 0.0909. The normalized spacial score (nSPS) is 11.5. The highest BCUT2D eigenvalue weighted by atomic mass is 79.9. The number of benzene rings is 1. The predicted molar refractivity (Wildman–Crippen MR) is 79.0 cm³/mol. The van der Waals surface area contributed by atoms with Gasteiger partial charge in [-0.3, -0.25) is 4.72 Å². The van der Waals surface area contributed by atoms with Crippen LogP contribution in [-0.2, 0) is 10.0 Å². The van der Waals surface area contributed by atoms with E-state index in [4.69, 9.17) is 11.6 Å². The van der Waals surface area contributed by atoms with Crippen LogP contribution >= 0.6 is 38.9 Å². The van der Waals surface area contributed by atoms with Crippen LogP contribution in [0.1, 0.15) is 5.56 Å². The van der Waals surface area contributed by atoms with Crippen LogP contribution in [0.25, 0.3) is 0 Å². The predicted octanol–water partition coefficient (Wildman–Crippen LogP) is 4.27. The minimum atomic E-state index is -3.60. The molecule has 0 aliphatic rings. The lowest BCUT2D eigenvalue weighted by atomic mass is 10.2.